The van der Waals surface area contributed by atoms with Crippen LogP contribution in [-0.2, 0) is 4.79 Å². The van der Waals surface area contributed by atoms with E-state index in [1.54, 1.807) is 0 Å². The molecule has 0 N–H and O–H groups in total. The van der Waals surface area contributed by atoms with Crippen molar-refractivity contribution in [2.75, 3.05) is 0 Å². The number of hydrogen-bond acceptors (Lipinski definition) is 4. The Hall–Kier alpha value is -1.85. The molecule has 4 rings (SSSR count). The Morgan fingerprint density at radius 2 is 1.70 bits per heavy atom. The van der Waals surface area contributed by atoms with E-state index in [1.165, 1.54) is 43.9 Å². The van der Waals surface area contributed by atoms with E-state index in [4.69, 9.17) is 16.6 Å². The van der Waals surface area contributed by atoms with Gasteiger partial charge in [0.15, 0.2) is 0 Å². The van der Waals surface area contributed by atoms with Crippen LogP contribution < -0.4 is 0 Å². The minimum Gasteiger partial charge on any atom is -0.457 e. The average molecular weight is 398 g/mol. The van der Waals surface area contributed by atoms with Gasteiger partial charge in [0.1, 0.15) is 15.8 Å². The van der Waals surface area contributed by atoms with Crippen molar-refractivity contribution in [1.82, 2.24) is 4.90 Å². The highest BCUT2D eigenvalue weighted by atomic mass is 32.2. The molecule has 1 aromatic heterocycles. The van der Waals surface area contributed by atoms with Gasteiger partial charge in [-0.3, -0.25) is 9.69 Å². The summed E-state index contributed by atoms with van der Waals surface area (Å²) < 4.78 is 6.62. The fraction of sp³-hybridized carbons (Fsp3) is 0.364. The topological polar surface area (TPSA) is 33.5 Å². The molecule has 5 heteroatoms. The Kier molecular flexibility index (Phi) is 5.79. The van der Waals surface area contributed by atoms with Crippen LogP contribution in [0.2, 0.25) is 0 Å². The first kappa shape index (κ1) is 18.5. The van der Waals surface area contributed by atoms with Gasteiger partial charge < -0.3 is 4.42 Å². The fourth-order valence-electron chi connectivity index (χ4n) is 3.80. The molecule has 0 spiro atoms. The smallest absolute Gasteiger partial charge is 0.266 e. The van der Waals surface area contributed by atoms with Crippen LogP contribution in [0.15, 0.2) is 51.8 Å². The monoisotopic (exact) mass is 397 g/mol. The standard InChI is InChI=1S/C22H23NO2S2/c24-21-20(15-18-13-14-19(25-18)16-9-5-4-6-10-16)27-22(26)23(21)17-11-7-2-1-3-8-12-17/h4-6,9-10,13-15,17H,1-3,7-8,11-12H2/b20-15+. The molecule has 140 valence electrons. The summed E-state index contributed by atoms with van der Waals surface area (Å²) in [5.74, 6) is 1.53. The second-order valence-corrected chi connectivity index (χ2v) is 8.79. The largest absolute Gasteiger partial charge is 0.457 e. The van der Waals surface area contributed by atoms with Gasteiger partial charge in [0.2, 0.25) is 0 Å². The molecule has 2 heterocycles. The number of thioether (sulfide) groups is 1. The van der Waals surface area contributed by atoms with Crippen molar-refractivity contribution in [3.8, 4) is 11.3 Å². The van der Waals surface area contributed by atoms with E-state index >= 15 is 0 Å². The molecule has 3 nitrogen and oxygen atoms in total. The summed E-state index contributed by atoms with van der Waals surface area (Å²) >= 11 is 6.94. The second kappa shape index (κ2) is 8.44. The van der Waals surface area contributed by atoms with Crippen molar-refractivity contribution in [2.45, 2.75) is 51.0 Å². The van der Waals surface area contributed by atoms with E-state index in [0.717, 1.165) is 24.2 Å². The number of amides is 1. The van der Waals surface area contributed by atoms with Crippen LogP contribution in [-0.4, -0.2) is 21.2 Å². The molecule has 0 unspecified atom stereocenters. The number of rotatable bonds is 3. The molecule has 2 aromatic rings. The summed E-state index contributed by atoms with van der Waals surface area (Å²) in [5, 5.41) is 0. The quantitative estimate of drug-likeness (QED) is 0.452. The van der Waals surface area contributed by atoms with Crippen molar-refractivity contribution in [2.24, 2.45) is 0 Å². The molecular weight excluding hydrogens is 374 g/mol. The Labute approximate surface area is 169 Å². The summed E-state index contributed by atoms with van der Waals surface area (Å²) in [6, 6.07) is 14.1. The number of thiocarbonyl (C=S) groups is 1. The van der Waals surface area contributed by atoms with Gasteiger partial charge in [-0.15, -0.1) is 0 Å². The van der Waals surface area contributed by atoms with E-state index in [1.807, 2.05) is 53.4 Å². The minimum atomic E-state index is 0.0354. The minimum absolute atomic E-state index is 0.0354. The number of carbonyl (C=O) groups excluding carboxylic acids is 1. The maximum Gasteiger partial charge on any atom is 0.266 e. The first-order valence-corrected chi connectivity index (χ1v) is 10.9. The van der Waals surface area contributed by atoms with Crippen molar-refractivity contribution < 1.29 is 9.21 Å². The molecular formula is C22H23NO2S2. The van der Waals surface area contributed by atoms with Crippen molar-refractivity contribution in [3.63, 3.8) is 0 Å². The lowest BCUT2D eigenvalue weighted by molar-refractivity contribution is -0.123. The predicted octanol–water partition coefficient (Wildman–Crippen LogP) is 6.26. The molecule has 0 radical (unpaired) electrons. The molecule has 2 fully saturated rings. The number of carbonyl (C=O) groups is 1. The van der Waals surface area contributed by atoms with E-state index in [2.05, 4.69) is 0 Å². The zero-order valence-electron chi connectivity index (χ0n) is 15.2. The lowest BCUT2D eigenvalue weighted by Crippen LogP contribution is -2.39. The van der Waals surface area contributed by atoms with Crippen molar-refractivity contribution >= 4 is 40.3 Å². The maximum absolute atomic E-state index is 13.0. The molecule has 1 aliphatic carbocycles. The Morgan fingerprint density at radius 1 is 1.00 bits per heavy atom. The second-order valence-electron chi connectivity index (χ2n) is 7.12. The highest BCUT2D eigenvalue weighted by Crippen LogP contribution is 2.37. The molecule has 1 aliphatic heterocycles. The molecule has 0 bridgehead atoms. The lowest BCUT2D eigenvalue weighted by Gasteiger charge is -2.28. The van der Waals surface area contributed by atoms with Crippen LogP contribution in [0.4, 0.5) is 0 Å². The van der Waals surface area contributed by atoms with Crippen LogP contribution in [0.1, 0.15) is 50.7 Å². The van der Waals surface area contributed by atoms with Gasteiger partial charge in [-0.25, -0.2) is 0 Å². The van der Waals surface area contributed by atoms with Gasteiger partial charge in [-0.05, 0) is 25.0 Å². The molecule has 1 amide bonds. The third-order valence-electron chi connectivity index (χ3n) is 5.22. The first-order valence-electron chi connectivity index (χ1n) is 9.65. The van der Waals surface area contributed by atoms with Crippen LogP contribution >= 0.6 is 24.0 Å². The van der Waals surface area contributed by atoms with Gasteiger partial charge >= 0.3 is 0 Å². The summed E-state index contributed by atoms with van der Waals surface area (Å²) in [7, 11) is 0. The van der Waals surface area contributed by atoms with Crippen LogP contribution in [0, 0.1) is 0 Å². The Morgan fingerprint density at radius 3 is 2.44 bits per heavy atom. The van der Waals surface area contributed by atoms with Crippen LogP contribution in [0.5, 0.6) is 0 Å². The highest BCUT2D eigenvalue weighted by Gasteiger charge is 2.37. The molecule has 27 heavy (non-hydrogen) atoms. The SMILES string of the molecule is O=C1/C(=C\c2ccc(-c3ccccc3)o2)SC(=S)N1C1CCCCCCC1. The normalized spacial score (nSPS) is 20.9. The molecule has 2 aliphatic rings. The van der Waals surface area contributed by atoms with Crippen LogP contribution in [0.3, 0.4) is 0 Å². The summed E-state index contributed by atoms with van der Waals surface area (Å²) in [5.41, 5.74) is 1.03. The molecule has 1 saturated heterocycles. The number of nitrogens with zero attached hydrogens (tertiary/aromatic N) is 1. The zero-order chi connectivity index (χ0) is 18.6. The lowest BCUT2D eigenvalue weighted by atomic mass is 9.96. The molecule has 0 atom stereocenters. The third kappa shape index (κ3) is 4.19. The molecule has 1 aromatic carbocycles. The van der Waals surface area contributed by atoms with E-state index < -0.39 is 0 Å². The zero-order valence-corrected chi connectivity index (χ0v) is 16.9. The number of benzene rings is 1. The van der Waals surface area contributed by atoms with E-state index in [-0.39, 0.29) is 11.9 Å². The van der Waals surface area contributed by atoms with E-state index in [9.17, 15) is 4.79 Å². The summed E-state index contributed by atoms with van der Waals surface area (Å²) in [6.07, 6.45) is 10.1. The van der Waals surface area contributed by atoms with Crippen molar-refractivity contribution in [1.29, 1.82) is 0 Å². The van der Waals surface area contributed by atoms with Gasteiger partial charge in [-0.1, -0.05) is 86.4 Å². The first-order chi connectivity index (χ1) is 13.2. The summed E-state index contributed by atoms with van der Waals surface area (Å²) in [6.45, 7) is 0. The number of hydrogen-bond donors (Lipinski definition) is 0. The third-order valence-corrected chi connectivity index (χ3v) is 6.55. The van der Waals surface area contributed by atoms with Gasteiger partial charge in [-0.2, -0.15) is 0 Å². The summed E-state index contributed by atoms with van der Waals surface area (Å²) in [4.78, 5) is 15.5. The average Bonchev–Trinajstić information content (AvgIpc) is 3.22. The van der Waals surface area contributed by atoms with Gasteiger partial charge in [0.05, 0.1) is 4.91 Å². The predicted molar refractivity (Wildman–Crippen MR) is 115 cm³/mol. The fourth-order valence-corrected chi connectivity index (χ4v) is 5.19. The van der Waals surface area contributed by atoms with Gasteiger partial charge in [0, 0.05) is 17.7 Å². The number of furan rings is 1. The maximum atomic E-state index is 13.0. The Bertz CT molecular complexity index is 848. The van der Waals surface area contributed by atoms with Crippen LogP contribution in [0.25, 0.3) is 17.4 Å². The van der Waals surface area contributed by atoms with E-state index in [0.29, 0.717) is 15.0 Å². The molecule has 1 saturated carbocycles. The Balaban J connectivity index is 1.52. The highest BCUT2D eigenvalue weighted by molar-refractivity contribution is 8.26. The van der Waals surface area contributed by atoms with Gasteiger partial charge in [0.25, 0.3) is 5.91 Å². The van der Waals surface area contributed by atoms with Crippen molar-refractivity contribution in [3.05, 3.63) is 53.1 Å².